The minimum Gasteiger partial charge on any atom is -0.255 e. The number of pyridine rings is 2. The zero-order valence-corrected chi connectivity index (χ0v) is 13.9. The van der Waals surface area contributed by atoms with Crippen LogP contribution >= 0.6 is 0 Å². The van der Waals surface area contributed by atoms with E-state index in [-0.39, 0.29) is 0 Å². The lowest BCUT2D eigenvalue weighted by Gasteiger charge is -2.10. The van der Waals surface area contributed by atoms with Crippen LogP contribution in [-0.4, -0.2) is 19.9 Å². The molecule has 0 aliphatic heterocycles. The summed E-state index contributed by atoms with van der Waals surface area (Å²) in [7, 11) is 0. The Morgan fingerprint density at radius 1 is 0.500 bits per heavy atom. The molecule has 26 heavy (non-hydrogen) atoms. The maximum Gasteiger partial charge on any atom is 0.117 e. The Morgan fingerprint density at radius 2 is 0.962 bits per heavy atom. The predicted octanol–water partition coefficient (Wildman–Crippen LogP) is 4.91. The number of rotatable bonds is 2. The maximum absolute atomic E-state index is 4.91. The van der Waals surface area contributed by atoms with Gasteiger partial charge in [-0.2, -0.15) is 0 Å². The summed E-state index contributed by atoms with van der Waals surface area (Å²) >= 11 is 0. The van der Waals surface area contributed by atoms with E-state index in [2.05, 4.69) is 34.2 Å². The normalized spacial score (nSPS) is 11.1. The molecule has 0 radical (unpaired) electrons. The van der Waals surface area contributed by atoms with Crippen LogP contribution in [0.3, 0.4) is 0 Å². The molecule has 0 amide bonds. The van der Waals surface area contributed by atoms with Crippen LogP contribution in [0.4, 0.5) is 0 Å². The highest BCUT2D eigenvalue weighted by Crippen LogP contribution is 2.30. The molecule has 0 aliphatic carbocycles. The minimum absolute atomic E-state index is 0.743. The number of benzene rings is 2. The highest BCUT2D eigenvalue weighted by molar-refractivity contribution is 5.96. The lowest BCUT2D eigenvalue weighted by molar-refractivity contribution is 1.21. The van der Waals surface area contributed by atoms with Crippen LogP contribution in [0.25, 0.3) is 44.6 Å². The van der Waals surface area contributed by atoms with Crippen molar-refractivity contribution in [2.24, 2.45) is 0 Å². The van der Waals surface area contributed by atoms with Crippen molar-refractivity contribution in [2.75, 3.05) is 0 Å². The van der Waals surface area contributed by atoms with Crippen molar-refractivity contribution in [3.05, 3.63) is 85.2 Å². The molecule has 2 aromatic carbocycles. The van der Waals surface area contributed by atoms with Gasteiger partial charge in [-0.3, -0.25) is 9.97 Å². The number of fused-ring (bicyclic) bond motifs is 2. The molecule has 0 saturated heterocycles. The summed E-state index contributed by atoms with van der Waals surface area (Å²) in [4.78, 5) is 18.8. The summed E-state index contributed by atoms with van der Waals surface area (Å²) < 4.78 is 0. The summed E-state index contributed by atoms with van der Waals surface area (Å²) in [5.41, 5.74) is 4.76. The standard InChI is InChI=1S/C22H14N4/c1-2-8-16-14-20-19(13-15(16)7-1)25-21(17-9-3-5-11-23-17)22(26-20)18-10-4-6-12-24-18/h1-14H. The minimum atomic E-state index is 0.743. The summed E-state index contributed by atoms with van der Waals surface area (Å²) in [6.07, 6.45) is 3.54. The van der Waals surface area contributed by atoms with E-state index >= 15 is 0 Å². The highest BCUT2D eigenvalue weighted by atomic mass is 14.9. The van der Waals surface area contributed by atoms with Crippen molar-refractivity contribution in [3.8, 4) is 22.8 Å². The third-order valence-corrected chi connectivity index (χ3v) is 4.35. The second-order valence-electron chi connectivity index (χ2n) is 6.04. The van der Waals surface area contributed by atoms with Gasteiger partial charge in [-0.05, 0) is 47.2 Å². The quantitative estimate of drug-likeness (QED) is 0.431. The molecule has 3 aromatic heterocycles. The molecule has 0 bridgehead atoms. The van der Waals surface area contributed by atoms with Gasteiger partial charge >= 0.3 is 0 Å². The lowest BCUT2D eigenvalue weighted by atomic mass is 10.1. The van der Waals surface area contributed by atoms with E-state index in [0.717, 1.165) is 44.6 Å². The van der Waals surface area contributed by atoms with E-state index in [1.54, 1.807) is 12.4 Å². The van der Waals surface area contributed by atoms with Crippen molar-refractivity contribution in [2.45, 2.75) is 0 Å². The fourth-order valence-corrected chi connectivity index (χ4v) is 3.11. The molecule has 0 saturated carbocycles. The van der Waals surface area contributed by atoms with Gasteiger partial charge in [0.05, 0.1) is 22.4 Å². The molecule has 122 valence electrons. The number of hydrogen-bond donors (Lipinski definition) is 0. The van der Waals surface area contributed by atoms with Gasteiger partial charge in [0.15, 0.2) is 0 Å². The van der Waals surface area contributed by atoms with E-state index in [9.17, 15) is 0 Å². The van der Waals surface area contributed by atoms with Gasteiger partial charge in [0.1, 0.15) is 11.4 Å². The SMILES string of the molecule is c1ccc(-c2nc3cc4ccccc4cc3nc2-c2ccccn2)nc1. The predicted molar refractivity (Wildman–Crippen MR) is 104 cm³/mol. The van der Waals surface area contributed by atoms with Crippen molar-refractivity contribution in [1.29, 1.82) is 0 Å². The molecule has 4 nitrogen and oxygen atoms in total. The van der Waals surface area contributed by atoms with Crippen molar-refractivity contribution < 1.29 is 0 Å². The highest BCUT2D eigenvalue weighted by Gasteiger charge is 2.15. The average molecular weight is 334 g/mol. The van der Waals surface area contributed by atoms with Crippen LogP contribution in [0.1, 0.15) is 0 Å². The van der Waals surface area contributed by atoms with Crippen LogP contribution in [0, 0.1) is 0 Å². The van der Waals surface area contributed by atoms with Crippen LogP contribution < -0.4 is 0 Å². The number of hydrogen-bond acceptors (Lipinski definition) is 4. The van der Waals surface area contributed by atoms with E-state index in [4.69, 9.17) is 9.97 Å². The van der Waals surface area contributed by atoms with Gasteiger partial charge in [-0.15, -0.1) is 0 Å². The first-order valence-electron chi connectivity index (χ1n) is 8.42. The largest absolute Gasteiger partial charge is 0.255 e. The molecule has 0 spiro atoms. The van der Waals surface area contributed by atoms with E-state index in [1.807, 2.05) is 48.5 Å². The van der Waals surface area contributed by atoms with Crippen LogP contribution in [0.15, 0.2) is 85.2 Å². The summed E-state index contributed by atoms with van der Waals surface area (Å²) in [5, 5.41) is 2.29. The summed E-state index contributed by atoms with van der Waals surface area (Å²) in [6, 6.07) is 24.0. The second-order valence-corrected chi connectivity index (χ2v) is 6.04. The molecule has 0 fully saturated rings. The van der Waals surface area contributed by atoms with E-state index in [0.29, 0.717) is 0 Å². The summed E-state index contributed by atoms with van der Waals surface area (Å²) in [5.74, 6) is 0. The van der Waals surface area contributed by atoms with Crippen molar-refractivity contribution >= 4 is 21.8 Å². The first-order valence-corrected chi connectivity index (χ1v) is 8.42. The number of nitrogens with zero attached hydrogens (tertiary/aromatic N) is 4. The molecule has 0 atom stereocenters. The molecule has 4 heteroatoms. The molecular formula is C22H14N4. The first kappa shape index (κ1) is 14.7. The Balaban J connectivity index is 1.86. The molecular weight excluding hydrogens is 320 g/mol. The maximum atomic E-state index is 4.91. The second kappa shape index (κ2) is 6.01. The van der Waals surface area contributed by atoms with Crippen LogP contribution in [-0.2, 0) is 0 Å². The third kappa shape index (κ3) is 2.48. The molecule has 0 unspecified atom stereocenters. The average Bonchev–Trinajstić information content (AvgIpc) is 2.72. The zero-order chi connectivity index (χ0) is 17.3. The van der Waals surface area contributed by atoms with Crippen molar-refractivity contribution in [3.63, 3.8) is 0 Å². The van der Waals surface area contributed by atoms with Gasteiger partial charge in [0.2, 0.25) is 0 Å². The monoisotopic (exact) mass is 334 g/mol. The van der Waals surface area contributed by atoms with Gasteiger partial charge in [0, 0.05) is 12.4 Å². The topological polar surface area (TPSA) is 51.6 Å². The fourth-order valence-electron chi connectivity index (χ4n) is 3.11. The summed E-state index contributed by atoms with van der Waals surface area (Å²) in [6.45, 7) is 0. The van der Waals surface area contributed by atoms with Crippen LogP contribution in [0.5, 0.6) is 0 Å². The number of aromatic nitrogens is 4. The Bertz CT molecular complexity index is 1120. The molecule has 0 N–H and O–H groups in total. The lowest BCUT2D eigenvalue weighted by Crippen LogP contribution is -1.98. The van der Waals surface area contributed by atoms with E-state index < -0.39 is 0 Å². The third-order valence-electron chi connectivity index (χ3n) is 4.35. The zero-order valence-electron chi connectivity index (χ0n) is 13.9. The molecule has 5 rings (SSSR count). The Labute approximate surface area is 150 Å². The smallest absolute Gasteiger partial charge is 0.117 e. The fraction of sp³-hybridized carbons (Fsp3) is 0. The first-order chi connectivity index (χ1) is 12.9. The van der Waals surface area contributed by atoms with Gasteiger partial charge in [0.25, 0.3) is 0 Å². The van der Waals surface area contributed by atoms with Crippen LogP contribution in [0.2, 0.25) is 0 Å². The Hall–Kier alpha value is -3.66. The molecule has 5 aromatic rings. The van der Waals surface area contributed by atoms with Gasteiger partial charge in [-0.25, -0.2) is 9.97 Å². The molecule has 3 heterocycles. The van der Waals surface area contributed by atoms with Gasteiger partial charge < -0.3 is 0 Å². The Kier molecular flexibility index (Phi) is 3.39. The van der Waals surface area contributed by atoms with E-state index in [1.165, 1.54) is 0 Å². The van der Waals surface area contributed by atoms with Gasteiger partial charge in [-0.1, -0.05) is 36.4 Å². The van der Waals surface area contributed by atoms with Crippen molar-refractivity contribution in [1.82, 2.24) is 19.9 Å². The molecule has 0 aliphatic rings. The Morgan fingerprint density at radius 3 is 1.38 bits per heavy atom.